The van der Waals surface area contributed by atoms with E-state index >= 15 is 0 Å². The van der Waals surface area contributed by atoms with Gasteiger partial charge < -0.3 is 0 Å². The summed E-state index contributed by atoms with van der Waals surface area (Å²) < 4.78 is 0. The molecule has 0 radical (unpaired) electrons. The first-order valence-corrected chi connectivity index (χ1v) is 9.43. The Morgan fingerprint density at radius 3 is 2.83 bits per heavy atom. The molecule has 0 unspecified atom stereocenters. The second-order valence-electron chi connectivity index (χ2n) is 8.46. The fraction of sp³-hybridized carbons (Fsp3) is 0.682. The van der Waals surface area contributed by atoms with Crippen molar-refractivity contribution in [2.75, 3.05) is 0 Å². The second kappa shape index (κ2) is 5.37. The molecule has 0 aromatic rings. The largest absolute Gasteiger partial charge is 0.295 e. The van der Waals surface area contributed by atoms with Crippen molar-refractivity contribution in [3.8, 4) is 11.8 Å². The van der Waals surface area contributed by atoms with Crippen LogP contribution in [0.4, 0.5) is 0 Å². The van der Waals surface area contributed by atoms with Crippen LogP contribution in [-0.4, -0.2) is 5.78 Å². The van der Waals surface area contributed by atoms with Crippen LogP contribution in [0, 0.1) is 40.9 Å². The Hall–Kier alpha value is -1.29. The number of hydrogen-bond acceptors (Lipinski definition) is 1. The fourth-order valence-corrected chi connectivity index (χ4v) is 6.09. The van der Waals surface area contributed by atoms with Crippen LogP contribution in [0.5, 0.6) is 0 Å². The van der Waals surface area contributed by atoms with Crippen molar-refractivity contribution >= 4 is 5.78 Å². The highest BCUT2D eigenvalue weighted by molar-refractivity contribution is 5.94. The van der Waals surface area contributed by atoms with Crippen molar-refractivity contribution in [2.45, 2.75) is 65.7 Å². The summed E-state index contributed by atoms with van der Waals surface area (Å²) in [5, 5.41) is 0. The molecule has 23 heavy (non-hydrogen) atoms. The van der Waals surface area contributed by atoms with Crippen LogP contribution < -0.4 is 0 Å². The van der Waals surface area contributed by atoms with Gasteiger partial charge in [-0.2, -0.15) is 0 Å². The highest BCUT2D eigenvalue weighted by Crippen LogP contribution is 2.62. The molecule has 0 saturated heterocycles. The number of carbonyl (C=O) groups excluding carboxylic acids is 1. The molecule has 0 spiro atoms. The van der Waals surface area contributed by atoms with Gasteiger partial charge in [-0.15, -0.1) is 5.92 Å². The first-order valence-electron chi connectivity index (χ1n) is 9.43. The van der Waals surface area contributed by atoms with Gasteiger partial charge in [0.25, 0.3) is 0 Å². The Kier molecular flexibility index (Phi) is 3.56. The molecular weight excluding hydrogens is 280 g/mol. The van der Waals surface area contributed by atoms with E-state index in [0.717, 1.165) is 24.7 Å². The van der Waals surface area contributed by atoms with Gasteiger partial charge in [0.05, 0.1) is 0 Å². The van der Waals surface area contributed by atoms with Gasteiger partial charge in [-0.05, 0) is 86.3 Å². The Balaban J connectivity index is 1.72. The SMILES string of the molecule is CC#C[C@@H]1CC[C@H]2[C@@H]3CCC4=CC(=O)[C@H](C)CC4=C3CC[C@]12C. The van der Waals surface area contributed by atoms with E-state index in [4.69, 9.17) is 0 Å². The van der Waals surface area contributed by atoms with Crippen LogP contribution >= 0.6 is 0 Å². The molecule has 1 nitrogen and oxygen atoms in total. The lowest BCUT2D eigenvalue weighted by atomic mass is 9.56. The number of carbonyl (C=O) groups is 1. The summed E-state index contributed by atoms with van der Waals surface area (Å²) in [5.41, 5.74) is 5.12. The third kappa shape index (κ3) is 2.18. The zero-order valence-electron chi connectivity index (χ0n) is 14.7. The number of rotatable bonds is 0. The Morgan fingerprint density at radius 1 is 1.22 bits per heavy atom. The standard InChI is InChI=1S/C22H28O/c1-4-5-16-7-9-20-18-8-6-15-13-21(23)14(2)12-19(15)17(18)10-11-22(16,20)3/h13-14,16,18,20H,6-12H2,1-3H3/t14-,16-,18-,20+,22-/m1/s1. The van der Waals surface area contributed by atoms with Crippen LogP contribution in [0.15, 0.2) is 22.8 Å². The molecule has 122 valence electrons. The van der Waals surface area contributed by atoms with Crippen LogP contribution in [0.25, 0.3) is 0 Å². The monoisotopic (exact) mass is 308 g/mol. The summed E-state index contributed by atoms with van der Waals surface area (Å²) in [7, 11) is 0. The topological polar surface area (TPSA) is 17.1 Å². The first-order chi connectivity index (χ1) is 11.0. The zero-order chi connectivity index (χ0) is 16.2. The van der Waals surface area contributed by atoms with Crippen molar-refractivity contribution in [2.24, 2.45) is 29.1 Å². The first kappa shape index (κ1) is 15.3. The van der Waals surface area contributed by atoms with Gasteiger partial charge in [-0.3, -0.25) is 4.79 Å². The quantitative estimate of drug-likeness (QED) is 0.570. The minimum Gasteiger partial charge on any atom is -0.295 e. The third-order valence-electron chi connectivity index (χ3n) is 7.41. The van der Waals surface area contributed by atoms with Gasteiger partial charge >= 0.3 is 0 Å². The summed E-state index contributed by atoms with van der Waals surface area (Å²) in [6.45, 7) is 6.60. The Morgan fingerprint density at radius 2 is 2.04 bits per heavy atom. The van der Waals surface area contributed by atoms with E-state index in [0.29, 0.717) is 17.1 Å². The molecule has 4 rings (SSSR count). The van der Waals surface area contributed by atoms with Crippen LogP contribution in [-0.2, 0) is 4.79 Å². The summed E-state index contributed by atoms with van der Waals surface area (Å²) in [6, 6.07) is 0. The molecular formula is C22H28O. The predicted octanol–water partition coefficient (Wildman–Crippen LogP) is 5.08. The molecule has 1 heteroatoms. The highest BCUT2D eigenvalue weighted by Gasteiger charge is 2.53. The molecule has 4 aliphatic carbocycles. The Labute approximate surface area is 140 Å². The van der Waals surface area contributed by atoms with E-state index in [9.17, 15) is 4.79 Å². The lowest BCUT2D eigenvalue weighted by Gasteiger charge is -2.48. The maximum absolute atomic E-state index is 12.0. The van der Waals surface area contributed by atoms with E-state index in [1.165, 1.54) is 37.7 Å². The number of hydrogen-bond donors (Lipinski definition) is 0. The maximum atomic E-state index is 12.0. The lowest BCUT2D eigenvalue weighted by Crippen LogP contribution is -2.40. The molecule has 2 saturated carbocycles. The van der Waals surface area contributed by atoms with Crippen molar-refractivity contribution in [1.29, 1.82) is 0 Å². The third-order valence-corrected chi connectivity index (χ3v) is 7.41. The van der Waals surface area contributed by atoms with E-state index in [1.807, 2.05) is 13.0 Å². The summed E-state index contributed by atoms with van der Waals surface area (Å²) in [4.78, 5) is 12.0. The zero-order valence-corrected chi connectivity index (χ0v) is 14.7. The summed E-state index contributed by atoms with van der Waals surface area (Å²) in [5.74, 6) is 9.45. The average molecular weight is 308 g/mol. The summed E-state index contributed by atoms with van der Waals surface area (Å²) in [6.07, 6.45) is 10.5. The van der Waals surface area contributed by atoms with Gasteiger partial charge in [0.15, 0.2) is 5.78 Å². The Bertz CT molecular complexity index is 668. The minimum absolute atomic E-state index is 0.190. The number of ketones is 1. The van der Waals surface area contributed by atoms with Crippen molar-refractivity contribution in [3.05, 3.63) is 22.8 Å². The molecule has 0 aromatic heterocycles. The van der Waals surface area contributed by atoms with Crippen LogP contribution in [0.2, 0.25) is 0 Å². The van der Waals surface area contributed by atoms with E-state index < -0.39 is 0 Å². The van der Waals surface area contributed by atoms with Crippen LogP contribution in [0.1, 0.15) is 65.7 Å². The van der Waals surface area contributed by atoms with Gasteiger partial charge in [-0.25, -0.2) is 0 Å². The predicted molar refractivity (Wildman–Crippen MR) is 93.6 cm³/mol. The highest BCUT2D eigenvalue weighted by atomic mass is 16.1. The molecule has 0 N–H and O–H groups in total. The van der Waals surface area contributed by atoms with E-state index in [2.05, 4.69) is 25.7 Å². The summed E-state index contributed by atoms with van der Waals surface area (Å²) >= 11 is 0. The van der Waals surface area contributed by atoms with E-state index in [-0.39, 0.29) is 5.92 Å². The van der Waals surface area contributed by atoms with E-state index in [1.54, 1.807) is 11.1 Å². The second-order valence-corrected chi connectivity index (χ2v) is 8.46. The van der Waals surface area contributed by atoms with Gasteiger partial charge in [0.1, 0.15) is 0 Å². The van der Waals surface area contributed by atoms with Crippen molar-refractivity contribution < 1.29 is 4.79 Å². The molecule has 4 aliphatic rings. The van der Waals surface area contributed by atoms with Gasteiger partial charge in [0, 0.05) is 11.8 Å². The number of fused-ring (bicyclic) bond motifs is 4. The molecule has 0 bridgehead atoms. The number of allylic oxidation sites excluding steroid dienone is 4. The van der Waals surface area contributed by atoms with Gasteiger partial charge in [-0.1, -0.05) is 25.3 Å². The van der Waals surface area contributed by atoms with Gasteiger partial charge in [0.2, 0.25) is 0 Å². The molecule has 0 aliphatic heterocycles. The van der Waals surface area contributed by atoms with Crippen molar-refractivity contribution in [3.63, 3.8) is 0 Å². The molecule has 0 aromatic carbocycles. The fourth-order valence-electron chi connectivity index (χ4n) is 6.09. The maximum Gasteiger partial charge on any atom is 0.159 e. The molecule has 0 heterocycles. The average Bonchev–Trinajstić information content (AvgIpc) is 2.86. The van der Waals surface area contributed by atoms with Crippen molar-refractivity contribution in [1.82, 2.24) is 0 Å². The molecule has 5 atom stereocenters. The normalized spacial score (nSPS) is 42.2. The minimum atomic E-state index is 0.190. The molecule has 2 fully saturated rings. The van der Waals surface area contributed by atoms with Crippen LogP contribution in [0.3, 0.4) is 0 Å². The lowest BCUT2D eigenvalue weighted by molar-refractivity contribution is -0.118. The smallest absolute Gasteiger partial charge is 0.159 e. The molecule has 0 amide bonds.